The first-order chi connectivity index (χ1) is 11.1. The van der Waals surface area contributed by atoms with Crippen LogP contribution in [0.25, 0.3) is 0 Å². The van der Waals surface area contributed by atoms with E-state index in [1.54, 1.807) is 19.3 Å². The molecule has 0 radical (unpaired) electrons. The van der Waals surface area contributed by atoms with E-state index in [-0.39, 0.29) is 17.5 Å². The van der Waals surface area contributed by atoms with Crippen LogP contribution in [0.4, 0.5) is 0 Å². The van der Waals surface area contributed by atoms with Crippen molar-refractivity contribution in [2.75, 3.05) is 26.7 Å². The van der Waals surface area contributed by atoms with Crippen LogP contribution in [-0.4, -0.2) is 47.0 Å². The topological polar surface area (TPSA) is 45.6 Å². The molecule has 0 saturated carbocycles. The molecule has 0 spiro atoms. The van der Waals surface area contributed by atoms with E-state index >= 15 is 0 Å². The van der Waals surface area contributed by atoms with Crippen molar-refractivity contribution in [1.29, 1.82) is 0 Å². The van der Waals surface area contributed by atoms with Crippen LogP contribution < -0.4 is 5.56 Å². The maximum atomic E-state index is 12.9. The molecule has 0 N–H and O–H groups in total. The summed E-state index contributed by atoms with van der Waals surface area (Å²) in [6, 6.07) is 13.2. The van der Waals surface area contributed by atoms with E-state index in [2.05, 4.69) is 24.1 Å². The first-order valence-corrected chi connectivity index (χ1v) is 7.77. The lowest BCUT2D eigenvalue weighted by Gasteiger charge is -2.40. The molecule has 1 saturated heterocycles. The summed E-state index contributed by atoms with van der Waals surface area (Å²) in [5, 5.41) is 0. The fraction of sp³-hybridized carbons (Fsp3) is 0.333. The Bertz CT molecular complexity index is 754. The van der Waals surface area contributed by atoms with Crippen LogP contribution in [0.2, 0.25) is 0 Å². The van der Waals surface area contributed by atoms with Gasteiger partial charge in [0.1, 0.15) is 0 Å². The Hall–Kier alpha value is -2.40. The molecule has 1 aliphatic heterocycles. The minimum atomic E-state index is -0.112. The van der Waals surface area contributed by atoms with Crippen molar-refractivity contribution in [1.82, 2.24) is 14.4 Å². The zero-order valence-corrected chi connectivity index (χ0v) is 13.5. The summed E-state index contributed by atoms with van der Waals surface area (Å²) in [4.78, 5) is 28.6. The third-order valence-electron chi connectivity index (χ3n) is 4.36. The zero-order valence-electron chi connectivity index (χ0n) is 13.5. The maximum absolute atomic E-state index is 12.9. The van der Waals surface area contributed by atoms with E-state index in [1.165, 1.54) is 10.6 Å². The zero-order chi connectivity index (χ0) is 16.4. The van der Waals surface area contributed by atoms with Gasteiger partial charge in [0.05, 0.1) is 11.6 Å². The van der Waals surface area contributed by atoms with Crippen LogP contribution >= 0.6 is 0 Å². The highest BCUT2D eigenvalue weighted by Gasteiger charge is 2.30. The summed E-state index contributed by atoms with van der Waals surface area (Å²) in [7, 11) is 3.74. The Morgan fingerprint density at radius 3 is 2.48 bits per heavy atom. The normalized spacial score (nSPS) is 18.9. The molecule has 1 atom stereocenters. The van der Waals surface area contributed by atoms with Gasteiger partial charge in [-0.3, -0.25) is 9.59 Å². The molecule has 5 nitrogen and oxygen atoms in total. The molecule has 23 heavy (non-hydrogen) atoms. The monoisotopic (exact) mass is 311 g/mol. The molecular formula is C18H21N3O2. The number of hydrogen-bond acceptors (Lipinski definition) is 3. The number of pyridine rings is 1. The minimum Gasteiger partial charge on any atom is -0.329 e. The van der Waals surface area contributed by atoms with Crippen molar-refractivity contribution < 1.29 is 4.79 Å². The number of benzene rings is 1. The molecule has 120 valence electrons. The average Bonchev–Trinajstić information content (AvgIpc) is 2.57. The van der Waals surface area contributed by atoms with E-state index in [0.717, 1.165) is 18.7 Å². The highest BCUT2D eigenvalue weighted by molar-refractivity contribution is 5.94. The Morgan fingerprint density at radius 2 is 1.78 bits per heavy atom. The molecule has 1 aromatic heterocycles. The summed E-state index contributed by atoms with van der Waals surface area (Å²) in [5.41, 5.74) is 1.58. The van der Waals surface area contributed by atoms with Gasteiger partial charge >= 0.3 is 0 Å². The molecule has 1 fully saturated rings. The van der Waals surface area contributed by atoms with E-state index in [0.29, 0.717) is 12.1 Å². The molecule has 0 bridgehead atoms. The van der Waals surface area contributed by atoms with Crippen molar-refractivity contribution in [3.8, 4) is 0 Å². The number of carbonyl (C=O) groups is 1. The third kappa shape index (κ3) is 3.19. The van der Waals surface area contributed by atoms with E-state index in [1.807, 2.05) is 23.1 Å². The van der Waals surface area contributed by atoms with Gasteiger partial charge in [-0.25, -0.2) is 0 Å². The Kier molecular flexibility index (Phi) is 4.30. The van der Waals surface area contributed by atoms with Crippen molar-refractivity contribution in [2.24, 2.45) is 7.05 Å². The fourth-order valence-electron chi connectivity index (χ4n) is 3.01. The molecule has 1 amide bonds. The summed E-state index contributed by atoms with van der Waals surface area (Å²) in [5.74, 6) is -0.0254. The Morgan fingerprint density at radius 1 is 1.04 bits per heavy atom. The number of nitrogens with zero attached hydrogens (tertiary/aromatic N) is 3. The lowest BCUT2D eigenvalue weighted by atomic mass is 10.0. The van der Waals surface area contributed by atoms with E-state index in [9.17, 15) is 9.59 Å². The summed E-state index contributed by atoms with van der Waals surface area (Å²) in [6.07, 6.45) is 1.62. The summed E-state index contributed by atoms with van der Waals surface area (Å²) < 4.78 is 1.45. The molecule has 3 rings (SSSR count). The van der Waals surface area contributed by atoms with Gasteiger partial charge < -0.3 is 14.4 Å². The van der Waals surface area contributed by atoms with Crippen molar-refractivity contribution in [3.63, 3.8) is 0 Å². The number of piperazine rings is 1. The second-order valence-electron chi connectivity index (χ2n) is 6.05. The Balaban J connectivity index is 1.93. The first-order valence-electron chi connectivity index (χ1n) is 7.77. The smallest absolute Gasteiger partial charge is 0.255 e. The van der Waals surface area contributed by atoms with Gasteiger partial charge in [0.15, 0.2) is 0 Å². The molecule has 0 aliphatic carbocycles. The predicted molar refractivity (Wildman–Crippen MR) is 89.4 cm³/mol. The van der Waals surface area contributed by atoms with E-state index in [4.69, 9.17) is 0 Å². The lowest BCUT2D eigenvalue weighted by molar-refractivity contribution is 0.0497. The van der Waals surface area contributed by atoms with Crippen LogP contribution in [0.3, 0.4) is 0 Å². The second kappa shape index (κ2) is 6.38. The van der Waals surface area contributed by atoms with Crippen LogP contribution in [0.5, 0.6) is 0 Å². The number of amides is 1. The Labute approximate surface area is 135 Å². The third-order valence-corrected chi connectivity index (χ3v) is 4.36. The largest absolute Gasteiger partial charge is 0.329 e. The second-order valence-corrected chi connectivity index (χ2v) is 6.05. The fourth-order valence-corrected chi connectivity index (χ4v) is 3.01. The number of carbonyl (C=O) groups excluding carboxylic acids is 1. The first kappa shape index (κ1) is 15.5. The quantitative estimate of drug-likeness (QED) is 0.844. The molecular weight excluding hydrogens is 290 g/mol. The molecule has 1 aromatic carbocycles. The molecule has 2 heterocycles. The van der Waals surface area contributed by atoms with Crippen LogP contribution in [0.1, 0.15) is 22.0 Å². The van der Waals surface area contributed by atoms with Gasteiger partial charge in [-0.15, -0.1) is 0 Å². The standard InChI is InChI=1S/C18H21N3O2/c1-19-10-11-21(16(13-19)14-6-4-3-5-7-14)18(23)15-8-9-17(22)20(2)12-15/h3-9,12,16H,10-11,13H2,1-2H3/t16-/m0/s1. The number of hydrogen-bond donors (Lipinski definition) is 0. The SMILES string of the molecule is CN1CCN(C(=O)c2ccc(=O)n(C)c2)[C@H](c2ccccc2)C1. The molecule has 0 unspecified atom stereocenters. The number of rotatable bonds is 2. The van der Waals surface area contributed by atoms with Crippen LogP contribution in [0.15, 0.2) is 53.5 Å². The average molecular weight is 311 g/mol. The molecule has 1 aliphatic rings. The predicted octanol–water partition coefficient (Wildman–Crippen LogP) is 1.51. The summed E-state index contributed by atoms with van der Waals surface area (Å²) in [6.45, 7) is 2.33. The van der Waals surface area contributed by atoms with Crippen LogP contribution in [-0.2, 0) is 7.05 Å². The number of aryl methyl sites for hydroxylation is 1. The van der Waals surface area contributed by atoms with Gasteiger partial charge in [0.25, 0.3) is 5.91 Å². The van der Waals surface area contributed by atoms with Gasteiger partial charge in [-0.05, 0) is 18.7 Å². The van der Waals surface area contributed by atoms with Crippen LogP contribution in [0, 0.1) is 0 Å². The lowest BCUT2D eigenvalue weighted by Crippen LogP contribution is -2.49. The van der Waals surface area contributed by atoms with Gasteiger partial charge in [-0.2, -0.15) is 0 Å². The number of aromatic nitrogens is 1. The highest BCUT2D eigenvalue weighted by atomic mass is 16.2. The maximum Gasteiger partial charge on any atom is 0.255 e. The molecule has 2 aromatic rings. The van der Waals surface area contributed by atoms with Crippen molar-refractivity contribution >= 4 is 5.91 Å². The van der Waals surface area contributed by atoms with Crippen molar-refractivity contribution in [3.05, 3.63) is 70.1 Å². The van der Waals surface area contributed by atoms with Gasteiger partial charge in [-0.1, -0.05) is 30.3 Å². The summed E-state index contributed by atoms with van der Waals surface area (Å²) >= 11 is 0. The number of likely N-dealkylation sites (N-methyl/N-ethyl adjacent to an activating group) is 1. The van der Waals surface area contributed by atoms with Crippen molar-refractivity contribution in [2.45, 2.75) is 6.04 Å². The minimum absolute atomic E-state index is 0.0254. The van der Waals surface area contributed by atoms with Gasteiger partial charge in [0, 0.05) is 38.9 Å². The molecule has 5 heteroatoms. The van der Waals surface area contributed by atoms with Gasteiger partial charge in [0.2, 0.25) is 5.56 Å². The highest BCUT2D eigenvalue weighted by Crippen LogP contribution is 2.26. The van der Waals surface area contributed by atoms with E-state index < -0.39 is 0 Å².